The fraction of sp³-hybridized carbons (Fsp3) is 0.316. The Bertz CT molecular complexity index is 665. The van der Waals surface area contributed by atoms with Gasteiger partial charge in [-0.3, -0.25) is 10.1 Å². The van der Waals surface area contributed by atoms with Crippen molar-refractivity contribution >= 4 is 5.97 Å². The van der Waals surface area contributed by atoms with Crippen molar-refractivity contribution in [3.05, 3.63) is 81.9 Å². The zero-order valence-corrected chi connectivity index (χ0v) is 14.0. The molecule has 0 unspecified atom stereocenters. The number of nitro groups is 1. The summed E-state index contributed by atoms with van der Waals surface area (Å²) in [5.74, 6) is -1.03. The van der Waals surface area contributed by atoms with Gasteiger partial charge in [0.1, 0.15) is 6.61 Å². The zero-order valence-electron chi connectivity index (χ0n) is 14.0. The molecule has 132 valence electrons. The summed E-state index contributed by atoms with van der Waals surface area (Å²) in [5.41, 5.74) is -0.737. The predicted octanol–water partition coefficient (Wildman–Crippen LogP) is 3.13. The van der Waals surface area contributed by atoms with Gasteiger partial charge in [0.2, 0.25) is 0 Å². The molecule has 0 amide bonds. The first-order chi connectivity index (χ1) is 12.0. The highest BCUT2D eigenvalue weighted by Gasteiger charge is 2.52. The van der Waals surface area contributed by atoms with Crippen molar-refractivity contribution in [2.45, 2.75) is 31.4 Å². The standard InChI is InChI=1S/C19H21NO5/c1-2-13-19(14-21,20(23)24)18(22)25-17(15-9-5-3-6-10-15)16-11-7-4-8-12-16/h3-12,17,21H,2,13-14H2,1H3/t19-/m1/s1. The number of hydrogen-bond acceptors (Lipinski definition) is 5. The van der Waals surface area contributed by atoms with Gasteiger partial charge in [-0.1, -0.05) is 67.6 Å². The van der Waals surface area contributed by atoms with Gasteiger partial charge in [0.25, 0.3) is 0 Å². The van der Waals surface area contributed by atoms with Crippen LogP contribution in [0, 0.1) is 10.1 Å². The average molecular weight is 343 g/mol. The van der Waals surface area contributed by atoms with Crippen LogP contribution in [0.5, 0.6) is 0 Å². The molecule has 0 bridgehead atoms. The van der Waals surface area contributed by atoms with E-state index >= 15 is 0 Å². The largest absolute Gasteiger partial charge is 0.447 e. The highest BCUT2D eigenvalue weighted by Crippen LogP contribution is 2.29. The Morgan fingerprint density at radius 2 is 1.60 bits per heavy atom. The van der Waals surface area contributed by atoms with E-state index in [1.165, 1.54) is 0 Å². The lowest BCUT2D eigenvalue weighted by atomic mass is 9.95. The third-order valence-corrected chi connectivity index (χ3v) is 4.08. The number of nitrogens with zero attached hydrogens (tertiary/aromatic N) is 1. The lowest BCUT2D eigenvalue weighted by molar-refractivity contribution is -0.560. The molecule has 0 spiro atoms. The van der Waals surface area contributed by atoms with Crippen molar-refractivity contribution < 1.29 is 19.6 Å². The Balaban J connectivity index is 2.39. The summed E-state index contributed by atoms with van der Waals surface area (Å²) in [6, 6.07) is 18.0. The van der Waals surface area contributed by atoms with E-state index in [-0.39, 0.29) is 6.42 Å². The fourth-order valence-corrected chi connectivity index (χ4v) is 2.68. The number of esters is 1. The van der Waals surface area contributed by atoms with Gasteiger partial charge < -0.3 is 9.84 Å². The maximum absolute atomic E-state index is 12.7. The van der Waals surface area contributed by atoms with Crippen LogP contribution in [-0.4, -0.2) is 28.1 Å². The van der Waals surface area contributed by atoms with Gasteiger partial charge in [-0.25, -0.2) is 4.79 Å². The fourth-order valence-electron chi connectivity index (χ4n) is 2.68. The molecule has 0 aliphatic rings. The Kier molecular flexibility index (Phi) is 6.25. The van der Waals surface area contributed by atoms with Gasteiger partial charge in [0.05, 0.1) is 0 Å². The molecular formula is C19H21NO5. The van der Waals surface area contributed by atoms with Gasteiger partial charge in [-0.15, -0.1) is 0 Å². The Labute approximate surface area is 146 Å². The number of hydrogen-bond donors (Lipinski definition) is 1. The van der Waals surface area contributed by atoms with E-state index in [1.54, 1.807) is 55.5 Å². The smallest absolute Gasteiger partial charge is 0.388 e. The molecule has 25 heavy (non-hydrogen) atoms. The summed E-state index contributed by atoms with van der Waals surface area (Å²) in [5, 5.41) is 21.0. The minimum Gasteiger partial charge on any atom is -0.447 e. The molecule has 6 heteroatoms. The van der Waals surface area contributed by atoms with Gasteiger partial charge in [-0.05, 0) is 17.5 Å². The van der Waals surface area contributed by atoms with E-state index in [0.717, 1.165) is 0 Å². The highest BCUT2D eigenvalue weighted by molar-refractivity contribution is 5.80. The molecule has 0 aliphatic heterocycles. The summed E-state index contributed by atoms with van der Waals surface area (Å²) >= 11 is 0. The molecule has 1 atom stereocenters. The Morgan fingerprint density at radius 3 is 1.96 bits per heavy atom. The van der Waals surface area contributed by atoms with Crippen LogP contribution in [0.4, 0.5) is 0 Å². The molecule has 2 rings (SSSR count). The second-order valence-electron chi connectivity index (χ2n) is 5.80. The van der Waals surface area contributed by atoms with E-state index in [4.69, 9.17) is 4.74 Å². The van der Waals surface area contributed by atoms with Gasteiger partial charge in [0.15, 0.2) is 6.10 Å². The van der Waals surface area contributed by atoms with E-state index in [0.29, 0.717) is 17.5 Å². The van der Waals surface area contributed by atoms with Crippen molar-refractivity contribution in [3.63, 3.8) is 0 Å². The highest BCUT2D eigenvalue weighted by atomic mass is 16.6. The van der Waals surface area contributed by atoms with Gasteiger partial charge >= 0.3 is 11.5 Å². The Morgan fingerprint density at radius 1 is 1.12 bits per heavy atom. The first kappa shape index (κ1) is 18.6. The molecule has 6 nitrogen and oxygen atoms in total. The second-order valence-corrected chi connectivity index (χ2v) is 5.80. The van der Waals surface area contributed by atoms with Crippen LogP contribution in [0.3, 0.4) is 0 Å². The summed E-state index contributed by atoms with van der Waals surface area (Å²) < 4.78 is 5.55. The summed E-state index contributed by atoms with van der Waals surface area (Å²) in [7, 11) is 0. The Hall–Kier alpha value is -2.73. The van der Waals surface area contributed by atoms with Crippen LogP contribution in [-0.2, 0) is 9.53 Å². The monoisotopic (exact) mass is 343 g/mol. The number of ether oxygens (including phenoxy) is 1. The minimum absolute atomic E-state index is 0.0916. The van der Waals surface area contributed by atoms with Crippen molar-refractivity contribution in [2.24, 2.45) is 0 Å². The van der Waals surface area contributed by atoms with Crippen LogP contribution in [0.15, 0.2) is 60.7 Å². The number of rotatable bonds is 8. The van der Waals surface area contributed by atoms with Crippen LogP contribution in [0.1, 0.15) is 37.0 Å². The molecule has 0 heterocycles. The third-order valence-electron chi connectivity index (χ3n) is 4.08. The first-order valence-electron chi connectivity index (χ1n) is 8.11. The van der Waals surface area contributed by atoms with E-state index < -0.39 is 29.1 Å². The number of carbonyl (C=O) groups excluding carboxylic acids is 1. The van der Waals surface area contributed by atoms with E-state index in [9.17, 15) is 20.0 Å². The zero-order chi connectivity index (χ0) is 18.3. The predicted molar refractivity (Wildman–Crippen MR) is 92.5 cm³/mol. The lowest BCUT2D eigenvalue weighted by Gasteiger charge is -2.25. The van der Waals surface area contributed by atoms with Crippen LogP contribution >= 0.6 is 0 Å². The van der Waals surface area contributed by atoms with Crippen LogP contribution in [0.25, 0.3) is 0 Å². The quantitative estimate of drug-likeness (QED) is 0.452. The summed E-state index contributed by atoms with van der Waals surface area (Å²) in [6.45, 7) is 0.816. The molecule has 0 aliphatic carbocycles. The summed E-state index contributed by atoms with van der Waals surface area (Å²) in [6.07, 6.45) is -0.499. The molecule has 0 fully saturated rings. The number of carbonyl (C=O) groups is 1. The second kappa shape index (κ2) is 8.39. The van der Waals surface area contributed by atoms with Crippen LogP contribution in [0.2, 0.25) is 0 Å². The maximum atomic E-state index is 12.7. The molecule has 2 aromatic rings. The minimum atomic E-state index is -2.14. The van der Waals surface area contributed by atoms with Crippen molar-refractivity contribution in [1.29, 1.82) is 0 Å². The topological polar surface area (TPSA) is 89.7 Å². The van der Waals surface area contributed by atoms with Crippen LogP contribution < -0.4 is 0 Å². The molecule has 0 aromatic heterocycles. The van der Waals surface area contributed by atoms with E-state index in [1.807, 2.05) is 12.1 Å². The SMILES string of the molecule is CCC[C@@](CO)(C(=O)OC(c1ccccc1)c1ccccc1)[N+](=O)[O-]. The molecule has 0 saturated carbocycles. The molecule has 2 aromatic carbocycles. The first-order valence-corrected chi connectivity index (χ1v) is 8.11. The number of benzene rings is 2. The molecule has 1 N–H and O–H groups in total. The van der Waals surface area contributed by atoms with Crippen molar-refractivity contribution in [2.75, 3.05) is 6.61 Å². The average Bonchev–Trinajstić information content (AvgIpc) is 2.65. The van der Waals surface area contributed by atoms with Gasteiger partial charge in [-0.2, -0.15) is 0 Å². The summed E-state index contributed by atoms with van der Waals surface area (Å²) in [4.78, 5) is 23.4. The lowest BCUT2D eigenvalue weighted by Crippen LogP contribution is -2.51. The van der Waals surface area contributed by atoms with Crippen molar-refractivity contribution in [1.82, 2.24) is 0 Å². The number of aliphatic hydroxyl groups excluding tert-OH is 1. The normalized spacial score (nSPS) is 13.2. The molecular weight excluding hydrogens is 322 g/mol. The number of aliphatic hydroxyl groups is 1. The maximum Gasteiger partial charge on any atom is 0.388 e. The third kappa shape index (κ3) is 4.03. The molecule has 0 saturated heterocycles. The van der Waals surface area contributed by atoms with E-state index in [2.05, 4.69) is 0 Å². The van der Waals surface area contributed by atoms with Gasteiger partial charge in [0, 0.05) is 11.3 Å². The molecule has 0 radical (unpaired) electrons. The van der Waals surface area contributed by atoms with Crippen molar-refractivity contribution in [3.8, 4) is 0 Å².